The lowest BCUT2D eigenvalue weighted by Gasteiger charge is -2.32. The number of pyridine rings is 1. The van der Waals surface area contributed by atoms with Gasteiger partial charge in [0.05, 0.1) is 19.3 Å². The van der Waals surface area contributed by atoms with Crippen molar-refractivity contribution in [2.45, 2.75) is 32.9 Å². The van der Waals surface area contributed by atoms with Gasteiger partial charge in [0.2, 0.25) is 0 Å². The molecule has 0 bridgehead atoms. The normalized spacial score (nSPS) is 17.2. The predicted molar refractivity (Wildman–Crippen MR) is 127 cm³/mol. The fraction of sp³-hybridized carbons (Fsp3) is 0.417. The van der Waals surface area contributed by atoms with Crippen LogP contribution in [0.25, 0.3) is 10.9 Å². The van der Waals surface area contributed by atoms with Crippen LogP contribution in [0.1, 0.15) is 25.0 Å². The van der Waals surface area contributed by atoms with E-state index in [1.165, 1.54) is 16.5 Å². The van der Waals surface area contributed by atoms with Crippen LogP contribution in [0, 0.1) is 0 Å². The summed E-state index contributed by atoms with van der Waals surface area (Å²) >= 11 is 0. The number of H-pyrrole nitrogens is 1. The first kappa shape index (κ1) is 21.2. The molecular formula is C24H32N6O. The third kappa shape index (κ3) is 5.55. The Bertz CT molecular complexity index is 1010. The highest BCUT2D eigenvalue weighted by molar-refractivity contribution is 5.83. The van der Waals surface area contributed by atoms with Crippen molar-refractivity contribution in [2.24, 2.45) is 4.99 Å². The lowest BCUT2D eigenvalue weighted by atomic mass is 10.1. The topological polar surface area (TPSA) is 77.6 Å². The Hall–Kier alpha value is -3.06. The van der Waals surface area contributed by atoms with Crippen molar-refractivity contribution in [2.75, 3.05) is 37.7 Å². The molecule has 0 spiro atoms. The zero-order valence-corrected chi connectivity index (χ0v) is 18.4. The molecule has 164 valence electrons. The van der Waals surface area contributed by atoms with Crippen LogP contribution in [-0.2, 0) is 17.7 Å². The van der Waals surface area contributed by atoms with Gasteiger partial charge in [0.25, 0.3) is 0 Å². The number of aliphatic imine (C=N–C) groups is 1. The first-order valence-corrected chi connectivity index (χ1v) is 11.1. The summed E-state index contributed by atoms with van der Waals surface area (Å²) in [6, 6.07) is 12.6. The zero-order valence-electron chi connectivity index (χ0n) is 18.4. The zero-order chi connectivity index (χ0) is 21.5. The number of rotatable bonds is 7. The second kappa shape index (κ2) is 10.3. The minimum absolute atomic E-state index is 0.235. The summed E-state index contributed by atoms with van der Waals surface area (Å²) in [7, 11) is 0. The molecule has 4 rings (SSSR count). The number of hydrogen-bond donors (Lipinski definition) is 3. The third-order valence-electron chi connectivity index (χ3n) is 5.50. The molecule has 7 heteroatoms. The van der Waals surface area contributed by atoms with E-state index in [9.17, 15) is 0 Å². The Morgan fingerprint density at radius 2 is 2.19 bits per heavy atom. The molecule has 7 nitrogen and oxygen atoms in total. The number of anilines is 1. The number of fused-ring (bicyclic) bond motifs is 1. The number of ether oxygens (including phenoxy) is 1. The van der Waals surface area contributed by atoms with Gasteiger partial charge in [-0.2, -0.15) is 0 Å². The minimum atomic E-state index is 0.235. The summed E-state index contributed by atoms with van der Waals surface area (Å²) in [5.41, 5.74) is 3.65. The van der Waals surface area contributed by atoms with Crippen LogP contribution >= 0.6 is 0 Å². The highest BCUT2D eigenvalue weighted by atomic mass is 16.5. The first-order valence-electron chi connectivity index (χ1n) is 11.1. The Kier molecular flexibility index (Phi) is 7.04. The summed E-state index contributed by atoms with van der Waals surface area (Å²) in [5, 5.41) is 8.09. The van der Waals surface area contributed by atoms with Gasteiger partial charge < -0.3 is 25.3 Å². The number of para-hydroxylation sites is 1. The van der Waals surface area contributed by atoms with E-state index >= 15 is 0 Å². The van der Waals surface area contributed by atoms with Crippen LogP contribution in [0.5, 0.6) is 0 Å². The lowest BCUT2D eigenvalue weighted by molar-refractivity contribution is 0.0529. The molecule has 0 amide bonds. The second-order valence-corrected chi connectivity index (χ2v) is 7.88. The molecule has 1 aromatic carbocycles. The summed E-state index contributed by atoms with van der Waals surface area (Å²) in [6.07, 6.45) is 5.14. The predicted octanol–water partition coefficient (Wildman–Crippen LogP) is 3.09. The van der Waals surface area contributed by atoms with Gasteiger partial charge in [-0.15, -0.1) is 0 Å². The second-order valence-electron chi connectivity index (χ2n) is 7.88. The van der Waals surface area contributed by atoms with Gasteiger partial charge in [0.1, 0.15) is 5.82 Å². The molecule has 0 aliphatic carbocycles. The number of aromatic amines is 1. The number of nitrogens with one attached hydrogen (secondary N) is 3. The summed E-state index contributed by atoms with van der Waals surface area (Å²) in [4.78, 5) is 15.0. The van der Waals surface area contributed by atoms with Crippen molar-refractivity contribution in [1.29, 1.82) is 0 Å². The molecule has 1 fully saturated rings. The molecule has 1 saturated heterocycles. The van der Waals surface area contributed by atoms with Crippen molar-refractivity contribution in [3.63, 3.8) is 0 Å². The van der Waals surface area contributed by atoms with E-state index < -0.39 is 0 Å². The van der Waals surface area contributed by atoms with E-state index in [1.54, 1.807) is 0 Å². The van der Waals surface area contributed by atoms with Gasteiger partial charge in [-0.25, -0.2) is 9.98 Å². The van der Waals surface area contributed by atoms with Gasteiger partial charge in [-0.3, -0.25) is 0 Å². The van der Waals surface area contributed by atoms with Gasteiger partial charge in [-0.05, 0) is 49.6 Å². The van der Waals surface area contributed by atoms with E-state index in [4.69, 9.17) is 9.73 Å². The number of hydrogen-bond acceptors (Lipinski definition) is 4. The van der Waals surface area contributed by atoms with E-state index in [0.29, 0.717) is 6.54 Å². The molecular weight excluding hydrogens is 388 g/mol. The van der Waals surface area contributed by atoms with Crippen molar-refractivity contribution in [1.82, 2.24) is 20.6 Å². The third-order valence-corrected chi connectivity index (χ3v) is 5.50. The van der Waals surface area contributed by atoms with Crippen LogP contribution in [-0.4, -0.2) is 54.8 Å². The summed E-state index contributed by atoms with van der Waals surface area (Å²) < 4.78 is 5.64. The highest BCUT2D eigenvalue weighted by Gasteiger charge is 2.18. The maximum absolute atomic E-state index is 5.64. The van der Waals surface area contributed by atoms with E-state index in [-0.39, 0.29) is 6.10 Å². The summed E-state index contributed by atoms with van der Waals surface area (Å²) in [6.45, 7) is 8.94. The van der Waals surface area contributed by atoms with Gasteiger partial charge in [-0.1, -0.05) is 18.2 Å². The van der Waals surface area contributed by atoms with Gasteiger partial charge >= 0.3 is 0 Å². The van der Waals surface area contributed by atoms with Crippen LogP contribution in [0.2, 0.25) is 0 Å². The van der Waals surface area contributed by atoms with E-state index in [2.05, 4.69) is 75.9 Å². The molecule has 2 aromatic heterocycles. The molecule has 0 radical (unpaired) electrons. The quantitative estimate of drug-likeness (QED) is 0.404. The fourth-order valence-corrected chi connectivity index (χ4v) is 3.92. The number of morpholine rings is 1. The Balaban J connectivity index is 1.36. The van der Waals surface area contributed by atoms with Crippen LogP contribution in [0.4, 0.5) is 5.82 Å². The molecule has 3 heterocycles. The first-order chi connectivity index (χ1) is 15.2. The minimum Gasteiger partial charge on any atom is -0.375 e. The largest absolute Gasteiger partial charge is 0.375 e. The Morgan fingerprint density at radius 1 is 1.29 bits per heavy atom. The molecule has 1 unspecified atom stereocenters. The molecule has 1 aliphatic rings. The molecule has 1 aliphatic heterocycles. The molecule has 3 aromatic rings. The van der Waals surface area contributed by atoms with Crippen LogP contribution in [0.15, 0.2) is 53.8 Å². The number of benzene rings is 1. The molecule has 0 saturated carbocycles. The highest BCUT2D eigenvalue weighted by Crippen LogP contribution is 2.18. The van der Waals surface area contributed by atoms with Crippen molar-refractivity contribution < 1.29 is 4.74 Å². The van der Waals surface area contributed by atoms with E-state index in [0.717, 1.165) is 56.5 Å². The molecule has 31 heavy (non-hydrogen) atoms. The van der Waals surface area contributed by atoms with Crippen LogP contribution in [0.3, 0.4) is 0 Å². The lowest BCUT2D eigenvalue weighted by Crippen LogP contribution is -2.41. The molecule has 1 atom stereocenters. The average Bonchev–Trinajstić information content (AvgIpc) is 3.21. The Morgan fingerprint density at radius 3 is 3.06 bits per heavy atom. The van der Waals surface area contributed by atoms with Gasteiger partial charge in [0, 0.05) is 49.5 Å². The standard InChI is InChI=1S/C24H32N6O/c1-3-25-24(27-11-9-20-16-28-22-7-5-4-6-21(20)22)29-15-19-8-10-26-23(14-19)30-12-13-31-18(2)17-30/h4-8,10,14,16,18,28H,3,9,11-13,15,17H2,1-2H3,(H2,25,27,29). The fourth-order valence-electron chi connectivity index (χ4n) is 3.92. The van der Waals surface area contributed by atoms with Crippen molar-refractivity contribution in [3.8, 4) is 0 Å². The summed E-state index contributed by atoms with van der Waals surface area (Å²) in [5.74, 6) is 1.83. The molecule has 3 N–H and O–H groups in total. The maximum Gasteiger partial charge on any atom is 0.191 e. The van der Waals surface area contributed by atoms with E-state index in [1.807, 2.05) is 12.3 Å². The van der Waals surface area contributed by atoms with Crippen molar-refractivity contribution >= 4 is 22.7 Å². The van der Waals surface area contributed by atoms with Gasteiger partial charge in [0.15, 0.2) is 5.96 Å². The van der Waals surface area contributed by atoms with Crippen LogP contribution < -0.4 is 15.5 Å². The number of aromatic nitrogens is 2. The monoisotopic (exact) mass is 420 g/mol. The smallest absolute Gasteiger partial charge is 0.191 e. The number of nitrogens with zero attached hydrogens (tertiary/aromatic N) is 3. The Labute approximate surface area is 183 Å². The van der Waals surface area contributed by atoms with Crippen molar-refractivity contribution in [3.05, 3.63) is 59.9 Å². The SMILES string of the molecule is CCNC(=NCc1ccnc(N2CCOC(C)C2)c1)NCCc1c[nH]c2ccccc12. The maximum atomic E-state index is 5.64. The number of guanidine groups is 1. The average molecular weight is 421 g/mol.